The van der Waals surface area contributed by atoms with Crippen molar-refractivity contribution < 1.29 is 0 Å². The molecule has 0 aliphatic carbocycles. The smallest absolute Gasteiger partial charge is 0.101 e. The highest BCUT2D eigenvalue weighted by molar-refractivity contribution is 5.83. The standard InChI is InChI=1S/C15H22N4/c1-19(2)11-13-5-3-12(4-6-13)9-15(17)7-8-18-14(16)10-15/h3-8H,9-11,17H2,1-2H3,(H2,16,18). The number of hydrogen-bond acceptors (Lipinski definition) is 4. The van der Waals surface area contributed by atoms with Gasteiger partial charge in [-0.2, -0.15) is 0 Å². The van der Waals surface area contributed by atoms with E-state index in [9.17, 15) is 0 Å². The first kappa shape index (κ1) is 13.8. The van der Waals surface area contributed by atoms with E-state index in [2.05, 4.69) is 48.3 Å². The van der Waals surface area contributed by atoms with Crippen LogP contribution in [-0.4, -0.2) is 30.4 Å². The van der Waals surface area contributed by atoms with Crippen molar-refractivity contribution in [2.75, 3.05) is 14.1 Å². The number of nitrogens with zero attached hydrogens (tertiary/aromatic N) is 2. The van der Waals surface area contributed by atoms with Gasteiger partial charge in [0, 0.05) is 24.7 Å². The fraction of sp³-hybridized carbons (Fsp3) is 0.400. The summed E-state index contributed by atoms with van der Waals surface area (Å²) in [7, 11) is 4.13. The molecule has 0 bridgehead atoms. The van der Waals surface area contributed by atoms with Gasteiger partial charge >= 0.3 is 0 Å². The molecule has 4 N–H and O–H groups in total. The first-order valence-electron chi connectivity index (χ1n) is 6.48. The van der Waals surface area contributed by atoms with Crippen LogP contribution in [0, 0.1) is 0 Å². The van der Waals surface area contributed by atoms with E-state index in [1.54, 1.807) is 6.20 Å². The minimum absolute atomic E-state index is 0.408. The van der Waals surface area contributed by atoms with Gasteiger partial charge in [0.1, 0.15) is 5.84 Å². The Labute approximate surface area is 114 Å². The van der Waals surface area contributed by atoms with E-state index < -0.39 is 5.54 Å². The SMILES string of the molecule is CN(C)Cc1ccc(CC2(N)C=CN=C(N)C2)cc1. The Morgan fingerprint density at radius 3 is 2.42 bits per heavy atom. The van der Waals surface area contributed by atoms with E-state index in [1.807, 2.05) is 6.08 Å². The Balaban J connectivity index is 2.04. The van der Waals surface area contributed by atoms with Gasteiger partial charge in [-0.05, 0) is 37.7 Å². The van der Waals surface area contributed by atoms with Crippen LogP contribution in [0.25, 0.3) is 0 Å². The average molecular weight is 258 g/mol. The van der Waals surface area contributed by atoms with Gasteiger partial charge in [0.05, 0.1) is 0 Å². The molecule has 0 fully saturated rings. The minimum Gasteiger partial charge on any atom is -0.387 e. The Hall–Kier alpha value is -1.65. The van der Waals surface area contributed by atoms with Crippen LogP contribution in [0.2, 0.25) is 0 Å². The van der Waals surface area contributed by atoms with E-state index in [1.165, 1.54) is 11.1 Å². The summed E-state index contributed by atoms with van der Waals surface area (Å²) in [6.45, 7) is 0.952. The summed E-state index contributed by atoms with van der Waals surface area (Å²) in [5, 5.41) is 0. The fourth-order valence-electron chi connectivity index (χ4n) is 2.35. The van der Waals surface area contributed by atoms with Gasteiger partial charge in [0.2, 0.25) is 0 Å². The molecule has 4 heteroatoms. The molecule has 2 rings (SSSR count). The lowest BCUT2D eigenvalue weighted by atomic mass is 9.87. The molecule has 19 heavy (non-hydrogen) atoms. The largest absolute Gasteiger partial charge is 0.387 e. The fourth-order valence-corrected chi connectivity index (χ4v) is 2.35. The first-order chi connectivity index (χ1) is 8.97. The summed E-state index contributed by atoms with van der Waals surface area (Å²) in [6.07, 6.45) is 5.04. The summed E-state index contributed by atoms with van der Waals surface area (Å²) in [5.74, 6) is 0.606. The highest BCUT2D eigenvalue weighted by Crippen LogP contribution is 2.20. The lowest BCUT2D eigenvalue weighted by Crippen LogP contribution is -2.45. The normalized spacial score (nSPS) is 22.6. The van der Waals surface area contributed by atoms with Crippen LogP contribution in [0.5, 0.6) is 0 Å². The molecule has 1 atom stereocenters. The second kappa shape index (κ2) is 5.55. The van der Waals surface area contributed by atoms with Crippen LogP contribution >= 0.6 is 0 Å². The van der Waals surface area contributed by atoms with Crippen LogP contribution in [0.1, 0.15) is 17.5 Å². The molecule has 0 saturated carbocycles. The van der Waals surface area contributed by atoms with Crippen molar-refractivity contribution in [3.63, 3.8) is 0 Å². The molecule has 0 aromatic heterocycles. The number of aliphatic imine (C=N–C) groups is 1. The third-order valence-electron chi connectivity index (χ3n) is 3.21. The second-order valence-electron chi connectivity index (χ2n) is 5.58. The maximum Gasteiger partial charge on any atom is 0.101 e. The van der Waals surface area contributed by atoms with E-state index in [4.69, 9.17) is 11.5 Å². The molecule has 1 heterocycles. The molecule has 102 valence electrons. The van der Waals surface area contributed by atoms with E-state index >= 15 is 0 Å². The maximum absolute atomic E-state index is 6.34. The molecular formula is C15H22N4. The van der Waals surface area contributed by atoms with Crippen LogP contribution < -0.4 is 11.5 Å². The summed E-state index contributed by atoms with van der Waals surface area (Å²) >= 11 is 0. The van der Waals surface area contributed by atoms with Crippen LogP contribution in [0.4, 0.5) is 0 Å². The highest BCUT2D eigenvalue weighted by Gasteiger charge is 2.25. The zero-order valence-electron chi connectivity index (χ0n) is 11.6. The quantitative estimate of drug-likeness (QED) is 0.854. The second-order valence-corrected chi connectivity index (χ2v) is 5.58. The van der Waals surface area contributed by atoms with Crippen molar-refractivity contribution >= 4 is 5.84 Å². The summed E-state index contributed by atoms with van der Waals surface area (Å²) in [4.78, 5) is 6.20. The Morgan fingerprint density at radius 1 is 1.21 bits per heavy atom. The molecule has 1 aromatic carbocycles. The summed E-state index contributed by atoms with van der Waals surface area (Å²) < 4.78 is 0. The highest BCUT2D eigenvalue weighted by atomic mass is 15.0. The zero-order chi connectivity index (χ0) is 13.9. The number of hydrogen-bond donors (Lipinski definition) is 2. The van der Waals surface area contributed by atoms with Gasteiger partial charge in [0.25, 0.3) is 0 Å². The van der Waals surface area contributed by atoms with Gasteiger partial charge in [-0.3, -0.25) is 0 Å². The number of rotatable bonds is 4. The average Bonchev–Trinajstić information content (AvgIpc) is 2.30. The lowest BCUT2D eigenvalue weighted by Gasteiger charge is -2.27. The molecule has 1 aliphatic rings. The monoisotopic (exact) mass is 258 g/mol. The van der Waals surface area contributed by atoms with E-state index in [0.29, 0.717) is 12.3 Å². The van der Waals surface area contributed by atoms with E-state index in [0.717, 1.165) is 13.0 Å². The number of benzene rings is 1. The Morgan fingerprint density at radius 2 is 1.84 bits per heavy atom. The predicted octanol–water partition coefficient (Wildman–Crippen LogP) is 1.26. The van der Waals surface area contributed by atoms with Gasteiger partial charge in [-0.1, -0.05) is 24.3 Å². The topological polar surface area (TPSA) is 67.6 Å². The lowest BCUT2D eigenvalue weighted by molar-refractivity contribution is 0.402. The molecule has 1 aliphatic heterocycles. The molecule has 0 radical (unpaired) electrons. The van der Waals surface area contributed by atoms with Gasteiger partial charge < -0.3 is 16.4 Å². The van der Waals surface area contributed by atoms with E-state index in [-0.39, 0.29) is 0 Å². The maximum atomic E-state index is 6.34. The first-order valence-corrected chi connectivity index (χ1v) is 6.48. The molecule has 1 unspecified atom stereocenters. The third-order valence-corrected chi connectivity index (χ3v) is 3.21. The number of amidine groups is 1. The van der Waals surface area contributed by atoms with Gasteiger partial charge in [-0.25, -0.2) is 4.99 Å². The molecule has 0 spiro atoms. The third kappa shape index (κ3) is 3.91. The van der Waals surface area contributed by atoms with Crippen molar-refractivity contribution in [3.05, 3.63) is 47.7 Å². The predicted molar refractivity (Wildman–Crippen MR) is 79.8 cm³/mol. The van der Waals surface area contributed by atoms with Crippen molar-refractivity contribution in [3.8, 4) is 0 Å². The molecule has 1 aromatic rings. The molecule has 0 amide bonds. The van der Waals surface area contributed by atoms with Gasteiger partial charge in [-0.15, -0.1) is 0 Å². The van der Waals surface area contributed by atoms with Crippen molar-refractivity contribution in [2.24, 2.45) is 16.5 Å². The van der Waals surface area contributed by atoms with Crippen LogP contribution in [-0.2, 0) is 13.0 Å². The molecule has 0 saturated heterocycles. The zero-order valence-corrected chi connectivity index (χ0v) is 11.6. The van der Waals surface area contributed by atoms with Crippen LogP contribution in [0.3, 0.4) is 0 Å². The Kier molecular flexibility index (Phi) is 4.02. The van der Waals surface area contributed by atoms with Crippen molar-refractivity contribution in [1.29, 1.82) is 0 Å². The Bertz CT molecular complexity index is 487. The van der Waals surface area contributed by atoms with Crippen molar-refractivity contribution in [2.45, 2.75) is 24.9 Å². The summed E-state index contributed by atoms with van der Waals surface area (Å²) in [5.41, 5.74) is 14.2. The molecular weight excluding hydrogens is 236 g/mol. The number of nitrogens with two attached hydrogens (primary N) is 2. The summed E-state index contributed by atoms with van der Waals surface area (Å²) in [6, 6.07) is 8.60. The van der Waals surface area contributed by atoms with Gasteiger partial charge in [0.15, 0.2) is 0 Å². The van der Waals surface area contributed by atoms with Crippen LogP contribution in [0.15, 0.2) is 41.5 Å². The van der Waals surface area contributed by atoms with Crippen molar-refractivity contribution in [1.82, 2.24) is 4.90 Å². The molecule has 4 nitrogen and oxygen atoms in total. The minimum atomic E-state index is -0.408.